The predicted molar refractivity (Wildman–Crippen MR) is 78.9 cm³/mol. The van der Waals surface area contributed by atoms with E-state index in [2.05, 4.69) is 23.4 Å². The smallest absolute Gasteiger partial charge is 0.128 e. The molecule has 104 valence electrons. The van der Waals surface area contributed by atoms with E-state index in [0.29, 0.717) is 17.1 Å². The lowest BCUT2D eigenvalue weighted by molar-refractivity contribution is 0.152. The molecule has 0 spiro atoms. The lowest BCUT2D eigenvalue weighted by atomic mass is 10.2. The molecule has 2 aromatic carbocycles. The van der Waals surface area contributed by atoms with E-state index in [1.54, 1.807) is 31.2 Å². The minimum Gasteiger partial charge on any atom is -0.457 e. The first-order chi connectivity index (χ1) is 10.2. The zero-order valence-corrected chi connectivity index (χ0v) is 11.5. The second kappa shape index (κ2) is 7.12. The largest absolute Gasteiger partial charge is 0.457 e. The molecule has 0 aliphatic heterocycles. The van der Waals surface area contributed by atoms with Crippen LogP contribution in [-0.4, -0.2) is 11.2 Å². The van der Waals surface area contributed by atoms with Gasteiger partial charge in [0.15, 0.2) is 0 Å². The Labute approximate surface area is 123 Å². The zero-order chi connectivity index (χ0) is 15.1. The van der Waals surface area contributed by atoms with Crippen molar-refractivity contribution in [1.82, 2.24) is 5.48 Å². The van der Waals surface area contributed by atoms with E-state index in [1.807, 2.05) is 24.3 Å². The van der Waals surface area contributed by atoms with Gasteiger partial charge in [0.05, 0.1) is 17.7 Å². The van der Waals surface area contributed by atoms with Crippen LogP contribution in [0.5, 0.6) is 11.5 Å². The van der Waals surface area contributed by atoms with Crippen LogP contribution in [0, 0.1) is 23.2 Å². The Hall–Kier alpha value is -2.79. The third-order valence-electron chi connectivity index (χ3n) is 2.68. The summed E-state index contributed by atoms with van der Waals surface area (Å²) in [5.41, 5.74) is 3.45. The number of hydrogen-bond acceptors (Lipinski definition) is 4. The van der Waals surface area contributed by atoms with Crippen molar-refractivity contribution in [2.75, 3.05) is 0 Å². The highest BCUT2D eigenvalue weighted by molar-refractivity contribution is 5.43. The highest BCUT2D eigenvalue weighted by Gasteiger charge is 1.99. The highest BCUT2D eigenvalue weighted by Crippen LogP contribution is 2.22. The summed E-state index contributed by atoms with van der Waals surface area (Å²) in [7, 11) is 0. The predicted octanol–water partition coefficient (Wildman–Crippen LogP) is 3.07. The van der Waals surface area contributed by atoms with E-state index in [9.17, 15) is 0 Å². The Balaban J connectivity index is 2.13. The molecule has 0 aromatic heterocycles. The molecule has 0 saturated heterocycles. The van der Waals surface area contributed by atoms with Crippen LogP contribution < -0.4 is 10.2 Å². The molecule has 4 nitrogen and oxygen atoms in total. The average Bonchev–Trinajstić information content (AvgIpc) is 2.53. The van der Waals surface area contributed by atoms with Crippen LogP contribution in [0.2, 0.25) is 0 Å². The number of ether oxygens (including phenoxy) is 1. The van der Waals surface area contributed by atoms with Crippen molar-refractivity contribution in [3.63, 3.8) is 0 Å². The van der Waals surface area contributed by atoms with Crippen LogP contribution in [0.4, 0.5) is 0 Å². The molecule has 2 aromatic rings. The topological polar surface area (TPSA) is 65.3 Å². The van der Waals surface area contributed by atoms with Gasteiger partial charge in [0.1, 0.15) is 11.5 Å². The fraction of sp³-hybridized carbons (Fsp3) is 0.118. The fourth-order valence-corrected chi connectivity index (χ4v) is 1.59. The highest BCUT2D eigenvalue weighted by atomic mass is 16.5. The molecule has 0 heterocycles. The molecule has 0 unspecified atom stereocenters. The van der Waals surface area contributed by atoms with E-state index < -0.39 is 0 Å². The van der Waals surface area contributed by atoms with E-state index in [1.165, 1.54) is 0 Å². The van der Waals surface area contributed by atoms with E-state index in [-0.39, 0.29) is 6.04 Å². The molecule has 0 bridgehead atoms. The molecule has 0 aliphatic carbocycles. The minimum atomic E-state index is -0.298. The van der Waals surface area contributed by atoms with Crippen molar-refractivity contribution in [1.29, 1.82) is 5.26 Å². The molecule has 2 rings (SSSR count). The number of hydroxylamine groups is 1. The van der Waals surface area contributed by atoms with Crippen LogP contribution in [-0.2, 0) is 0 Å². The minimum absolute atomic E-state index is 0.298. The van der Waals surface area contributed by atoms with Gasteiger partial charge in [-0.15, -0.1) is 0 Å². The van der Waals surface area contributed by atoms with Gasteiger partial charge in [-0.25, -0.2) is 0 Å². The lowest BCUT2D eigenvalue weighted by Gasteiger charge is -2.06. The molecule has 0 radical (unpaired) electrons. The molecule has 0 saturated carbocycles. The monoisotopic (exact) mass is 278 g/mol. The van der Waals surface area contributed by atoms with Crippen molar-refractivity contribution in [2.24, 2.45) is 0 Å². The standard InChI is InChI=1S/C17H14N2O2/c1-13(19-20)5-6-14-3-2-4-17(11-14)21-16-9-7-15(12-18)8-10-16/h2-4,7-11,13,19-20H,1H3/t13-/m0/s1. The summed E-state index contributed by atoms with van der Waals surface area (Å²) in [6, 6.07) is 16.0. The quantitative estimate of drug-likeness (QED) is 0.669. The van der Waals surface area contributed by atoms with Crippen LogP contribution in [0.25, 0.3) is 0 Å². The van der Waals surface area contributed by atoms with Crippen molar-refractivity contribution in [2.45, 2.75) is 13.0 Å². The lowest BCUT2D eigenvalue weighted by Crippen LogP contribution is -2.19. The van der Waals surface area contributed by atoms with Crippen molar-refractivity contribution in [3.05, 3.63) is 59.7 Å². The van der Waals surface area contributed by atoms with Crippen LogP contribution in [0.15, 0.2) is 48.5 Å². The van der Waals surface area contributed by atoms with Gasteiger partial charge in [-0.05, 0) is 49.4 Å². The summed E-state index contributed by atoms with van der Waals surface area (Å²) >= 11 is 0. The maximum Gasteiger partial charge on any atom is 0.128 e. The molecule has 1 atom stereocenters. The van der Waals surface area contributed by atoms with Gasteiger partial charge in [0, 0.05) is 5.56 Å². The van der Waals surface area contributed by atoms with Crippen molar-refractivity contribution in [3.8, 4) is 29.4 Å². The Morgan fingerprint density at radius 3 is 2.52 bits per heavy atom. The second-order valence-corrected chi connectivity index (χ2v) is 4.39. The summed E-state index contributed by atoms with van der Waals surface area (Å²) < 4.78 is 5.71. The maximum atomic E-state index is 8.75. The summed E-state index contributed by atoms with van der Waals surface area (Å²) in [6.07, 6.45) is 0. The molecular weight excluding hydrogens is 264 g/mol. The Kier molecular flexibility index (Phi) is 4.95. The molecule has 21 heavy (non-hydrogen) atoms. The molecule has 0 aliphatic rings. The van der Waals surface area contributed by atoms with Gasteiger partial charge in [0.25, 0.3) is 0 Å². The summed E-state index contributed by atoms with van der Waals surface area (Å²) in [4.78, 5) is 0. The van der Waals surface area contributed by atoms with Gasteiger partial charge >= 0.3 is 0 Å². The Morgan fingerprint density at radius 1 is 1.10 bits per heavy atom. The summed E-state index contributed by atoms with van der Waals surface area (Å²) in [5.74, 6) is 7.12. The zero-order valence-electron chi connectivity index (χ0n) is 11.5. The SMILES string of the molecule is C[C@@H](C#Cc1cccc(Oc2ccc(C#N)cc2)c1)NO. The van der Waals surface area contributed by atoms with Crippen LogP contribution >= 0.6 is 0 Å². The first-order valence-electron chi connectivity index (χ1n) is 6.40. The van der Waals surface area contributed by atoms with E-state index in [4.69, 9.17) is 15.2 Å². The molecule has 0 amide bonds. The number of nitriles is 1. The molecular formula is C17H14N2O2. The average molecular weight is 278 g/mol. The maximum absolute atomic E-state index is 8.75. The molecule has 0 fully saturated rings. The van der Waals surface area contributed by atoms with Crippen molar-refractivity contribution >= 4 is 0 Å². The van der Waals surface area contributed by atoms with E-state index in [0.717, 1.165) is 5.56 Å². The third kappa shape index (κ3) is 4.36. The number of benzene rings is 2. The molecule has 2 N–H and O–H groups in total. The molecule has 4 heteroatoms. The summed E-state index contributed by atoms with van der Waals surface area (Å²) in [5, 5.41) is 17.5. The number of nitrogens with one attached hydrogen (secondary N) is 1. The fourth-order valence-electron chi connectivity index (χ4n) is 1.59. The van der Waals surface area contributed by atoms with Crippen LogP contribution in [0.1, 0.15) is 18.1 Å². The number of hydrogen-bond donors (Lipinski definition) is 2. The Morgan fingerprint density at radius 2 is 1.86 bits per heavy atom. The van der Waals surface area contributed by atoms with Gasteiger partial charge in [-0.3, -0.25) is 0 Å². The van der Waals surface area contributed by atoms with Crippen LogP contribution in [0.3, 0.4) is 0 Å². The third-order valence-corrected chi connectivity index (χ3v) is 2.68. The number of nitrogens with zero attached hydrogens (tertiary/aromatic N) is 1. The van der Waals surface area contributed by atoms with Gasteiger partial charge in [-0.1, -0.05) is 17.9 Å². The number of rotatable bonds is 3. The summed E-state index contributed by atoms with van der Waals surface area (Å²) in [6.45, 7) is 1.75. The van der Waals surface area contributed by atoms with Crippen molar-refractivity contribution < 1.29 is 9.94 Å². The second-order valence-electron chi connectivity index (χ2n) is 4.39. The Bertz CT molecular complexity index is 706. The van der Waals surface area contributed by atoms with Gasteiger partial charge in [0.2, 0.25) is 0 Å². The van der Waals surface area contributed by atoms with Gasteiger partial charge < -0.3 is 9.94 Å². The first kappa shape index (κ1) is 14.6. The van der Waals surface area contributed by atoms with Gasteiger partial charge in [-0.2, -0.15) is 10.7 Å². The first-order valence-corrected chi connectivity index (χ1v) is 6.40. The normalized spacial score (nSPS) is 10.9. The van der Waals surface area contributed by atoms with E-state index >= 15 is 0 Å².